The SMILES string of the molecule is C=S(C)c1ccccc1C(C)C. The highest BCUT2D eigenvalue weighted by atomic mass is 32.2. The summed E-state index contributed by atoms with van der Waals surface area (Å²) in [5.74, 6) is 4.69. The standard InChI is InChI=1S/C11H16S/c1-9(2)10-7-5-6-8-11(10)12(3)4/h5-9H,3H2,1-2,4H3. The van der Waals surface area contributed by atoms with Crippen LogP contribution in [0.2, 0.25) is 0 Å². The molecule has 0 N–H and O–H groups in total. The molecule has 0 amide bonds. The molecule has 0 bridgehead atoms. The van der Waals surface area contributed by atoms with E-state index in [0.717, 1.165) is 0 Å². The summed E-state index contributed by atoms with van der Waals surface area (Å²) in [6.45, 7) is 4.46. The van der Waals surface area contributed by atoms with E-state index in [9.17, 15) is 0 Å². The van der Waals surface area contributed by atoms with Crippen molar-refractivity contribution in [2.24, 2.45) is 0 Å². The lowest BCUT2D eigenvalue weighted by atomic mass is 10.0. The van der Waals surface area contributed by atoms with Crippen molar-refractivity contribution in [2.75, 3.05) is 6.26 Å². The quantitative estimate of drug-likeness (QED) is 0.611. The van der Waals surface area contributed by atoms with Gasteiger partial charge in [-0.25, -0.2) is 0 Å². The smallest absolute Gasteiger partial charge is 0.00433 e. The van der Waals surface area contributed by atoms with Crippen LogP contribution in [0.3, 0.4) is 0 Å². The second-order valence-corrected chi connectivity index (χ2v) is 5.04. The van der Waals surface area contributed by atoms with Gasteiger partial charge in [-0.3, -0.25) is 0 Å². The Labute approximate surface area is 77.6 Å². The minimum absolute atomic E-state index is 0.139. The van der Waals surface area contributed by atoms with Crippen LogP contribution in [0, 0.1) is 0 Å². The van der Waals surface area contributed by atoms with Crippen molar-refractivity contribution in [1.82, 2.24) is 0 Å². The van der Waals surface area contributed by atoms with Crippen molar-refractivity contribution in [1.29, 1.82) is 0 Å². The normalized spacial score (nSPS) is 13.3. The minimum Gasteiger partial charge on any atom is -0.165 e. The van der Waals surface area contributed by atoms with Crippen molar-refractivity contribution in [3.8, 4) is 0 Å². The van der Waals surface area contributed by atoms with Crippen LogP contribution in [-0.2, 0) is 0 Å². The first-order valence-corrected chi connectivity index (χ1v) is 5.97. The third-order valence-corrected chi connectivity index (χ3v) is 3.04. The van der Waals surface area contributed by atoms with Gasteiger partial charge in [0.05, 0.1) is 0 Å². The average molecular weight is 180 g/mol. The summed E-state index contributed by atoms with van der Waals surface area (Å²) < 4.78 is 0. The van der Waals surface area contributed by atoms with Crippen LogP contribution >= 0.6 is 10.5 Å². The molecule has 1 atom stereocenters. The van der Waals surface area contributed by atoms with Gasteiger partial charge in [-0.1, -0.05) is 37.9 Å². The van der Waals surface area contributed by atoms with Gasteiger partial charge in [-0.15, -0.1) is 0 Å². The second kappa shape index (κ2) is 3.90. The van der Waals surface area contributed by atoms with Crippen molar-refractivity contribution >= 4 is 16.4 Å². The van der Waals surface area contributed by atoms with Crippen LogP contribution in [-0.4, -0.2) is 12.1 Å². The van der Waals surface area contributed by atoms with Gasteiger partial charge in [0, 0.05) is 4.90 Å². The van der Waals surface area contributed by atoms with E-state index < -0.39 is 0 Å². The Kier molecular flexibility index (Phi) is 3.10. The molecule has 0 saturated heterocycles. The van der Waals surface area contributed by atoms with Gasteiger partial charge in [0.25, 0.3) is 0 Å². The Balaban J connectivity index is 3.17. The van der Waals surface area contributed by atoms with Gasteiger partial charge in [0.1, 0.15) is 0 Å². The van der Waals surface area contributed by atoms with Crippen LogP contribution in [0.25, 0.3) is 0 Å². The number of hydrogen-bond donors (Lipinski definition) is 0. The zero-order valence-corrected chi connectivity index (χ0v) is 8.82. The lowest BCUT2D eigenvalue weighted by Crippen LogP contribution is -1.90. The van der Waals surface area contributed by atoms with Gasteiger partial charge >= 0.3 is 0 Å². The minimum atomic E-state index is 0.139. The molecule has 1 heteroatoms. The van der Waals surface area contributed by atoms with E-state index in [1.165, 1.54) is 10.5 Å². The molecule has 0 spiro atoms. The predicted molar refractivity (Wildman–Crippen MR) is 59.4 cm³/mol. The Bertz CT molecular complexity index is 287. The highest BCUT2D eigenvalue weighted by Crippen LogP contribution is 2.29. The first kappa shape index (κ1) is 9.53. The van der Waals surface area contributed by atoms with Crippen LogP contribution in [0.4, 0.5) is 0 Å². The molecule has 0 fully saturated rings. The fourth-order valence-electron chi connectivity index (χ4n) is 1.27. The van der Waals surface area contributed by atoms with Crippen LogP contribution in [0.1, 0.15) is 25.3 Å². The molecule has 0 aromatic heterocycles. The highest BCUT2D eigenvalue weighted by Gasteiger charge is 2.04. The van der Waals surface area contributed by atoms with E-state index in [0.29, 0.717) is 5.92 Å². The predicted octanol–water partition coefficient (Wildman–Crippen LogP) is 3.50. The van der Waals surface area contributed by atoms with Crippen LogP contribution in [0.5, 0.6) is 0 Å². The van der Waals surface area contributed by atoms with E-state index >= 15 is 0 Å². The zero-order chi connectivity index (χ0) is 9.14. The number of benzene rings is 1. The first-order chi connectivity index (χ1) is 5.63. The maximum absolute atomic E-state index is 4.08. The summed E-state index contributed by atoms with van der Waals surface area (Å²) in [5.41, 5.74) is 1.44. The second-order valence-electron chi connectivity index (χ2n) is 3.33. The van der Waals surface area contributed by atoms with E-state index in [1.807, 2.05) is 0 Å². The molecule has 0 aliphatic heterocycles. The van der Waals surface area contributed by atoms with E-state index in [2.05, 4.69) is 50.2 Å². The summed E-state index contributed by atoms with van der Waals surface area (Å²) >= 11 is 0. The molecule has 0 radical (unpaired) electrons. The molecular weight excluding hydrogens is 164 g/mol. The molecule has 0 heterocycles. The largest absolute Gasteiger partial charge is 0.165 e. The van der Waals surface area contributed by atoms with Gasteiger partial charge in [-0.05, 0) is 23.8 Å². The van der Waals surface area contributed by atoms with Crippen molar-refractivity contribution in [3.63, 3.8) is 0 Å². The molecule has 0 saturated carbocycles. The highest BCUT2D eigenvalue weighted by molar-refractivity contribution is 8.13. The lowest BCUT2D eigenvalue weighted by Gasteiger charge is -2.12. The first-order valence-electron chi connectivity index (χ1n) is 4.17. The fourth-order valence-corrected chi connectivity index (χ4v) is 2.29. The summed E-state index contributed by atoms with van der Waals surface area (Å²) in [5, 5.41) is 0. The molecule has 0 aliphatic carbocycles. The summed E-state index contributed by atoms with van der Waals surface area (Å²) in [6, 6.07) is 8.59. The Morgan fingerprint density at radius 3 is 2.25 bits per heavy atom. The molecule has 0 nitrogen and oxygen atoms in total. The molecule has 1 unspecified atom stereocenters. The third kappa shape index (κ3) is 1.98. The zero-order valence-electron chi connectivity index (χ0n) is 8.00. The van der Waals surface area contributed by atoms with Gasteiger partial charge < -0.3 is 0 Å². The van der Waals surface area contributed by atoms with Gasteiger partial charge in [0.2, 0.25) is 0 Å². The summed E-state index contributed by atoms with van der Waals surface area (Å²) in [4.78, 5) is 1.41. The lowest BCUT2D eigenvalue weighted by molar-refractivity contribution is 0.842. The van der Waals surface area contributed by atoms with E-state index in [4.69, 9.17) is 0 Å². The van der Waals surface area contributed by atoms with Gasteiger partial charge in [-0.2, -0.15) is 10.5 Å². The van der Waals surface area contributed by atoms with Crippen LogP contribution < -0.4 is 0 Å². The van der Waals surface area contributed by atoms with E-state index in [-0.39, 0.29) is 10.5 Å². The third-order valence-electron chi connectivity index (χ3n) is 1.92. The Morgan fingerprint density at radius 2 is 1.83 bits per heavy atom. The maximum atomic E-state index is 4.08. The number of rotatable bonds is 2. The van der Waals surface area contributed by atoms with Crippen molar-refractivity contribution in [2.45, 2.75) is 24.7 Å². The molecule has 66 valence electrons. The monoisotopic (exact) mass is 180 g/mol. The van der Waals surface area contributed by atoms with Crippen molar-refractivity contribution < 1.29 is 0 Å². The molecule has 1 rings (SSSR count). The molecule has 1 aromatic rings. The summed E-state index contributed by atoms with van der Waals surface area (Å²) in [7, 11) is 0.139. The summed E-state index contributed by atoms with van der Waals surface area (Å²) in [6.07, 6.45) is 2.17. The maximum Gasteiger partial charge on any atom is 0.00433 e. The Morgan fingerprint density at radius 1 is 1.25 bits per heavy atom. The molecule has 0 aliphatic rings. The van der Waals surface area contributed by atoms with E-state index in [1.54, 1.807) is 0 Å². The topological polar surface area (TPSA) is 0 Å². The average Bonchev–Trinajstić information content (AvgIpc) is 2.04. The molecule has 1 aromatic carbocycles. The van der Waals surface area contributed by atoms with Gasteiger partial charge in [0.15, 0.2) is 0 Å². The fraction of sp³-hybridized carbons (Fsp3) is 0.364. The van der Waals surface area contributed by atoms with Crippen LogP contribution in [0.15, 0.2) is 29.2 Å². The molecular formula is C11H16S. The van der Waals surface area contributed by atoms with Crippen molar-refractivity contribution in [3.05, 3.63) is 29.8 Å². The Hall–Kier alpha value is -0.560. The number of hydrogen-bond acceptors (Lipinski definition) is 0. The molecule has 12 heavy (non-hydrogen) atoms.